The first-order valence-electron chi connectivity index (χ1n) is 8.49. The quantitative estimate of drug-likeness (QED) is 0.567. The standard InChI is InChI=1S/C19H33NSi/c1-6-9-15-20(16-10-7-2)17-21(4,5)19-14-12-11-13-18(19)8-3/h8,11-14H,3,6-7,9-10,15-17H2,1-2,4-5H3. The third-order valence-electron chi connectivity index (χ3n) is 4.18. The van der Waals surface area contributed by atoms with E-state index >= 15 is 0 Å². The van der Waals surface area contributed by atoms with Crippen LogP contribution in [0, 0.1) is 0 Å². The van der Waals surface area contributed by atoms with Crippen molar-refractivity contribution in [2.24, 2.45) is 0 Å². The van der Waals surface area contributed by atoms with Crippen LogP contribution in [0.4, 0.5) is 0 Å². The van der Waals surface area contributed by atoms with Crippen molar-refractivity contribution in [2.75, 3.05) is 19.3 Å². The molecular formula is C19H33NSi. The maximum Gasteiger partial charge on any atom is 0.0956 e. The van der Waals surface area contributed by atoms with Crippen molar-refractivity contribution >= 4 is 19.3 Å². The molecule has 0 radical (unpaired) electrons. The zero-order valence-corrected chi connectivity index (χ0v) is 15.5. The molecule has 1 aromatic rings. The van der Waals surface area contributed by atoms with Gasteiger partial charge in [0.2, 0.25) is 0 Å². The molecule has 118 valence electrons. The molecule has 0 saturated heterocycles. The van der Waals surface area contributed by atoms with Gasteiger partial charge in [-0.05, 0) is 37.7 Å². The molecule has 0 heterocycles. The molecule has 0 atom stereocenters. The Labute approximate surface area is 133 Å². The number of hydrogen-bond acceptors (Lipinski definition) is 1. The van der Waals surface area contributed by atoms with Crippen LogP contribution in [-0.4, -0.2) is 32.2 Å². The molecule has 0 saturated carbocycles. The number of benzene rings is 1. The van der Waals surface area contributed by atoms with Crippen LogP contribution in [0.2, 0.25) is 13.1 Å². The fourth-order valence-electron chi connectivity index (χ4n) is 2.97. The SMILES string of the molecule is C=Cc1ccccc1[Si](C)(C)CN(CCCC)CCCC. The summed E-state index contributed by atoms with van der Waals surface area (Å²) >= 11 is 0. The van der Waals surface area contributed by atoms with Gasteiger partial charge in [0.05, 0.1) is 8.07 Å². The van der Waals surface area contributed by atoms with E-state index < -0.39 is 8.07 Å². The molecule has 0 aliphatic carbocycles. The van der Waals surface area contributed by atoms with E-state index in [4.69, 9.17) is 0 Å². The lowest BCUT2D eigenvalue weighted by molar-refractivity contribution is 0.302. The van der Waals surface area contributed by atoms with E-state index in [2.05, 4.69) is 62.7 Å². The predicted molar refractivity (Wildman–Crippen MR) is 99.9 cm³/mol. The Kier molecular flexibility index (Phi) is 7.98. The molecular weight excluding hydrogens is 270 g/mol. The van der Waals surface area contributed by atoms with Crippen LogP contribution >= 0.6 is 0 Å². The molecule has 0 aliphatic rings. The van der Waals surface area contributed by atoms with Crippen molar-refractivity contribution in [2.45, 2.75) is 52.6 Å². The first-order valence-corrected chi connectivity index (χ1v) is 11.7. The zero-order valence-electron chi connectivity index (χ0n) is 14.5. The van der Waals surface area contributed by atoms with Gasteiger partial charge in [0, 0.05) is 0 Å². The highest BCUT2D eigenvalue weighted by molar-refractivity contribution is 6.90. The summed E-state index contributed by atoms with van der Waals surface area (Å²) in [6, 6.07) is 8.83. The normalized spacial score (nSPS) is 11.9. The molecule has 0 aromatic heterocycles. The molecule has 0 bridgehead atoms. The van der Waals surface area contributed by atoms with Crippen LogP contribution in [0.1, 0.15) is 45.1 Å². The van der Waals surface area contributed by atoms with E-state index in [1.165, 1.54) is 50.5 Å². The Morgan fingerprint density at radius 2 is 1.62 bits per heavy atom. The van der Waals surface area contributed by atoms with Gasteiger partial charge in [0.15, 0.2) is 0 Å². The summed E-state index contributed by atoms with van der Waals surface area (Å²) in [5.41, 5.74) is 1.33. The molecule has 1 nitrogen and oxygen atoms in total. The smallest absolute Gasteiger partial charge is 0.0956 e. The second-order valence-electron chi connectivity index (χ2n) is 6.66. The molecule has 0 spiro atoms. The highest BCUT2D eigenvalue weighted by Gasteiger charge is 2.27. The van der Waals surface area contributed by atoms with Crippen LogP contribution < -0.4 is 5.19 Å². The third-order valence-corrected chi connectivity index (χ3v) is 7.34. The Morgan fingerprint density at radius 3 is 2.14 bits per heavy atom. The average molecular weight is 304 g/mol. The van der Waals surface area contributed by atoms with Crippen LogP contribution in [0.25, 0.3) is 6.08 Å². The van der Waals surface area contributed by atoms with E-state index in [9.17, 15) is 0 Å². The molecule has 0 amide bonds. The predicted octanol–water partition coefficient (Wildman–Crippen LogP) is 4.69. The lowest BCUT2D eigenvalue weighted by Crippen LogP contribution is -2.53. The summed E-state index contributed by atoms with van der Waals surface area (Å²) in [6.45, 7) is 16.1. The number of nitrogens with zero attached hydrogens (tertiary/aromatic N) is 1. The summed E-state index contributed by atoms with van der Waals surface area (Å²) < 4.78 is 0. The Bertz CT molecular complexity index is 417. The number of unbranched alkanes of at least 4 members (excludes halogenated alkanes) is 2. The van der Waals surface area contributed by atoms with Crippen molar-refractivity contribution in [1.29, 1.82) is 0 Å². The van der Waals surface area contributed by atoms with Crippen LogP contribution in [0.15, 0.2) is 30.8 Å². The summed E-state index contributed by atoms with van der Waals surface area (Å²) in [6.07, 6.45) is 8.49. The third kappa shape index (κ3) is 5.80. The summed E-state index contributed by atoms with van der Waals surface area (Å²) in [5, 5.41) is 1.55. The highest BCUT2D eigenvalue weighted by atomic mass is 28.3. The molecule has 0 fully saturated rings. The Balaban J connectivity index is 2.85. The van der Waals surface area contributed by atoms with Crippen molar-refractivity contribution in [3.63, 3.8) is 0 Å². The highest BCUT2D eigenvalue weighted by Crippen LogP contribution is 2.12. The van der Waals surface area contributed by atoms with Gasteiger partial charge in [-0.1, -0.05) is 81.9 Å². The van der Waals surface area contributed by atoms with Gasteiger partial charge >= 0.3 is 0 Å². The molecule has 0 aliphatic heterocycles. The monoisotopic (exact) mass is 303 g/mol. The minimum Gasteiger partial charge on any atom is -0.306 e. The van der Waals surface area contributed by atoms with E-state index in [1.807, 2.05) is 6.08 Å². The fourth-order valence-corrected chi connectivity index (χ4v) is 6.09. The lowest BCUT2D eigenvalue weighted by Gasteiger charge is -2.32. The second kappa shape index (κ2) is 9.21. The van der Waals surface area contributed by atoms with Gasteiger partial charge in [0.1, 0.15) is 0 Å². The number of rotatable bonds is 10. The Hall–Kier alpha value is -0.863. The number of hydrogen-bond donors (Lipinski definition) is 0. The van der Waals surface area contributed by atoms with Crippen molar-refractivity contribution in [3.05, 3.63) is 36.4 Å². The lowest BCUT2D eigenvalue weighted by atomic mass is 10.2. The summed E-state index contributed by atoms with van der Waals surface area (Å²) in [4.78, 5) is 2.71. The van der Waals surface area contributed by atoms with Gasteiger partial charge in [-0.2, -0.15) is 0 Å². The van der Waals surface area contributed by atoms with E-state index in [1.54, 1.807) is 5.19 Å². The topological polar surface area (TPSA) is 3.24 Å². The first kappa shape index (κ1) is 18.2. The Morgan fingerprint density at radius 1 is 1.05 bits per heavy atom. The van der Waals surface area contributed by atoms with Gasteiger partial charge in [-0.3, -0.25) is 0 Å². The molecule has 1 aromatic carbocycles. The van der Waals surface area contributed by atoms with Crippen LogP contribution in [0.3, 0.4) is 0 Å². The minimum absolute atomic E-state index is 1.25. The maximum atomic E-state index is 3.99. The van der Waals surface area contributed by atoms with Gasteiger partial charge in [-0.25, -0.2) is 0 Å². The largest absolute Gasteiger partial charge is 0.306 e. The second-order valence-corrected chi connectivity index (χ2v) is 11.3. The van der Waals surface area contributed by atoms with Gasteiger partial charge in [0.25, 0.3) is 0 Å². The summed E-state index contributed by atoms with van der Waals surface area (Å²) in [5.74, 6) is 0. The zero-order chi connectivity index (χ0) is 15.7. The first-order chi connectivity index (χ1) is 10.0. The van der Waals surface area contributed by atoms with E-state index in [0.29, 0.717) is 0 Å². The van der Waals surface area contributed by atoms with Crippen LogP contribution in [0.5, 0.6) is 0 Å². The van der Waals surface area contributed by atoms with Crippen LogP contribution in [-0.2, 0) is 0 Å². The van der Waals surface area contributed by atoms with Crippen molar-refractivity contribution < 1.29 is 0 Å². The molecule has 2 heteroatoms. The average Bonchev–Trinajstić information content (AvgIpc) is 2.49. The molecule has 0 N–H and O–H groups in total. The molecule has 1 rings (SSSR count). The van der Waals surface area contributed by atoms with E-state index in [0.717, 1.165) is 0 Å². The molecule has 0 unspecified atom stereocenters. The maximum absolute atomic E-state index is 3.99. The fraction of sp³-hybridized carbons (Fsp3) is 0.579. The van der Waals surface area contributed by atoms with Gasteiger partial charge < -0.3 is 4.90 Å². The van der Waals surface area contributed by atoms with Crippen molar-refractivity contribution in [3.8, 4) is 0 Å². The van der Waals surface area contributed by atoms with Gasteiger partial charge in [-0.15, -0.1) is 0 Å². The van der Waals surface area contributed by atoms with Crippen molar-refractivity contribution in [1.82, 2.24) is 4.90 Å². The summed E-state index contributed by atoms with van der Waals surface area (Å²) in [7, 11) is -1.45. The minimum atomic E-state index is -1.45. The van der Waals surface area contributed by atoms with E-state index in [-0.39, 0.29) is 0 Å². The molecule has 21 heavy (non-hydrogen) atoms.